The number of imide groups is 1. The summed E-state index contributed by atoms with van der Waals surface area (Å²) in [6.07, 6.45) is 3.26. The van der Waals surface area contributed by atoms with Crippen molar-refractivity contribution in [1.82, 2.24) is 10.2 Å². The lowest BCUT2D eigenvalue weighted by atomic mass is 9.81. The number of fused-ring (bicyclic) bond motifs is 2. The SMILES string of the molecule is O=C(COC(=O)CCN1C(=O)[C@H]2CCCC[C@H]2C1=O)NCc1ccc2c(c1)OCO2. The predicted octanol–water partition coefficient (Wildman–Crippen LogP) is 1.14. The van der Waals surface area contributed by atoms with Gasteiger partial charge >= 0.3 is 5.97 Å². The van der Waals surface area contributed by atoms with Crippen LogP contribution in [0.3, 0.4) is 0 Å². The number of nitrogens with zero attached hydrogens (tertiary/aromatic N) is 1. The molecule has 0 unspecified atom stereocenters. The second kappa shape index (κ2) is 8.73. The summed E-state index contributed by atoms with van der Waals surface area (Å²) in [6, 6.07) is 5.35. The molecule has 9 nitrogen and oxygen atoms in total. The van der Waals surface area contributed by atoms with Gasteiger partial charge in [0.1, 0.15) is 0 Å². The summed E-state index contributed by atoms with van der Waals surface area (Å²) in [7, 11) is 0. The Balaban J connectivity index is 1.17. The van der Waals surface area contributed by atoms with E-state index in [1.165, 1.54) is 4.90 Å². The highest BCUT2D eigenvalue weighted by Gasteiger charge is 2.47. The zero-order valence-corrected chi connectivity index (χ0v) is 16.6. The van der Waals surface area contributed by atoms with Crippen molar-refractivity contribution in [2.24, 2.45) is 11.8 Å². The number of hydrogen-bond acceptors (Lipinski definition) is 7. The predicted molar refractivity (Wildman–Crippen MR) is 102 cm³/mol. The van der Waals surface area contributed by atoms with E-state index < -0.39 is 18.5 Å². The summed E-state index contributed by atoms with van der Waals surface area (Å²) in [4.78, 5) is 49.8. The second-order valence-electron chi connectivity index (χ2n) is 7.70. The molecule has 2 fully saturated rings. The molecule has 1 aromatic rings. The highest BCUT2D eigenvalue weighted by atomic mass is 16.7. The Hall–Kier alpha value is -3.10. The Morgan fingerprint density at radius 1 is 1.07 bits per heavy atom. The quantitative estimate of drug-likeness (QED) is 0.524. The molecule has 1 aromatic carbocycles. The molecule has 9 heteroatoms. The van der Waals surface area contributed by atoms with Gasteiger partial charge in [-0.05, 0) is 30.5 Å². The van der Waals surface area contributed by atoms with Crippen LogP contribution < -0.4 is 14.8 Å². The van der Waals surface area contributed by atoms with Gasteiger partial charge < -0.3 is 19.5 Å². The van der Waals surface area contributed by atoms with E-state index in [-0.39, 0.29) is 50.0 Å². The number of carbonyl (C=O) groups is 4. The van der Waals surface area contributed by atoms with Crippen molar-refractivity contribution < 1.29 is 33.4 Å². The molecule has 2 aliphatic heterocycles. The van der Waals surface area contributed by atoms with Crippen LogP contribution in [0.25, 0.3) is 0 Å². The van der Waals surface area contributed by atoms with Crippen LogP contribution in [0.1, 0.15) is 37.7 Å². The first-order valence-electron chi connectivity index (χ1n) is 10.2. The maximum Gasteiger partial charge on any atom is 0.308 e. The summed E-state index contributed by atoms with van der Waals surface area (Å²) in [5, 5.41) is 2.66. The number of esters is 1. The molecular weight excluding hydrogens is 392 g/mol. The van der Waals surface area contributed by atoms with Gasteiger partial charge in [-0.15, -0.1) is 0 Å². The molecule has 2 heterocycles. The number of likely N-dealkylation sites (tertiary alicyclic amines) is 1. The molecule has 30 heavy (non-hydrogen) atoms. The minimum absolute atomic E-state index is 0.00230. The van der Waals surface area contributed by atoms with Gasteiger partial charge in [-0.2, -0.15) is 0 Å². The molecule has 0 spiro atoms. The third-order valence-electron chi connectivity index (χ3n) is 5.76. The van der Waals surface area contributed by atoms with Crippen molar-refractivity contribution in [3.63, 3.8) is 0 Å². The summed E-state index contributed by atoms with van der Waals surface area (Å²) in [6.45, 7) is 0.0163. The number of rotatable bonds is 7. The molecule has 0 bridgehead atoms. The van der Waals surface area contributed by atoms with Crippen LogP contribution in [0.2, 0.25) is 0 Å². The maximum absolute atomic E-state index is 12.4. The van der Waals surface area contributed by atoms with Crippen molar-refractivity contribution in [3.05, 3.63) is 23.8 Å². The number of ether oxygens (including phenoxy) is 3. The number of amides is 3. The third-order valence-corrected chi connectivity index (χ3v) is 5.76. The molecule has 3 amide bonds. The van der Waals surface area contributed by atoms with Crippen molar-refractivity contribution in [3.8, 4) is 11.5 Å². The monoisotopic (exact) mass is 416 g/mol. The van der Waals surface area contributed by atoms with Crippen LogP contribution in [0.5, 0.6) is 11.5 Å². The summed E-state index contributed by atoms with van der Waals surface area (Å²) < 4.78 is 15.5. The van der Waals surface area contributed by atoms with Gasteiger partial charge in [0.15, 0.2) is 18.1 Å². The minimum Gasteiger partial charge on any atom is -0.456 e. The zero-order chi connectivity index (χ0) is 21.1. The normalized spacial score (nSPS) is 22.1. The molecule has 0 radical (unpaired) electrons. The van der Waals surface area contributed by atoms with Crippen LogP contribution in [0, 0.1) is 11.8 Å². The average Bonchev–Trinajstić information content (AvgIpc) is 3.32. The van der Waals surface area contributed by atoms with Crippen molar-refractivity contribution in [1.29, 1.82) is 0 Å². The molecular formula is C21H24N2O7. The van der Waals surface area contributed by atoms with E-state index in [1.807, 2.05) is 6.07 Å². The molecule has 0 aromatic heterocycles. The van der Waals surface area contributed by atoms with Gasteiger partial charge in [-0.1, -0.05) is 18.9 Å². The molecule has 2 atom stereocenters. The number of carbonyl (C=O) groups excluding carboxylic acids is 4. The lowest BCUT2D eigenvalue weighted by molar-refractivity contribution is -0.150. The van der Waals surface area contributed by atoms with E-state index in [1.54, 1.807) is 12.1 Å². The first-order valence-corrected chi connectivity index (χ1v) is 10.2. The topological polar surface area (TPSA) is 111 Å². The highest BCUT2D eigenvalue weighted by Crippen LogP contribution is 2.38. The largest absolute Gasteiger partial charge is 0.456 e. The summed E-state index contributed by atoms with van der Waals surface area (Å²) >= 11 is 0. The van der Waals surface area contributed by atoms with Crippen LogP contribution in [-0.4, -0.2) is 48.5 Å². The lowest BCUT2D eigenvalue weighted by Crippen LogP contribution is -2.34. The Morgan fingerprint density at radius 2 is 1.77 bits per heavy atom. The Morgan fingerprint density at radius 3 is 2.50 bits per heavy atom. The van der Waals surface area contributed by atoms with E-state index in [0.29, 0.717) is 11.5 Å². The van der Waals surface area contributed by atoms with E-state index in [9.17, 15) is 19.2 Å². The molecule has 3 aliphatic rings. The molecule has 160 valence electrons. The highest BCUT2D eigenvalue weighted by molar-refractivity contribution is 6.05. The lowest BCUT2D eigenvalue weighted by Gasteiger charge is -2.19. The molecule has 1 N–H and O–H groups in total. The van der Waals surface area contributed by atoms with E-state index in [4.69, 9.17) is 14.2 Å². The number of hydrogen-bond donors (Lipinski definition) is 1. The zero-order valence-electron chi connectivity index (χ0n) is 16.6. The fourth-order valence-electron chi connectivity index (χ4n) is 4.18. The molecule has 1 saturated carbocycles. The molecule has 4 rings (SSSR count). The third kappa shape index (κ3) is 4.24. The fourth-order valence-corrected chi connectivity index (χ4v) is 4.18. The Kier molecular flexibility index (Phi) is 5.87. The van der Waals surface area contributed by atoms with Crippen LogP contribution in [0.15, 0.2) is 18.2 Å². The minimum atomic E-state index is -0.622. The number of nitrogens with one attached hydrogen (secondary N) is 1. The Bertz CT molecular complexity index is 845. The van der Waals surface area contributed by atoms with Crippen molar-refractivity contribution >= 4 is 23.7 Å². The fraction of sp³-hybridized carbons (Fsp3) is 0.524. The Labute approximate surface area is 173 Å². The second-order valence-corrected chi connectivity index (χ2v) is 7.70. The van der Waals surface area contributed by atoms with Gasteiger partial charge in [-0.3, -0.25) is 24.1 Å². The van der Waals surface area contributed by atoms with Gasteiger partial charge in [0.05, 0.1) is 18.3 Å². The van der Waals surface area contributed by atoms with Crippen LogP contribution in [0.4, 0.5) is 0 Å². The van der Waals surface area contributed by atoms with Crippen LogP contribution in [-0.2, 0) is 30.5 Å². The van der Waals surface area contributed by atoms with Gasteiger partial charge in [0, 0.05) is 13.1 Å². The summed E-state index contributed by atoms with van der Waals surface area (Å²) in [5.74, 6) is -0.609. The maximum atomic E-state index is 12.4. The van der Waals surface area contributed by atoms with E-state index >= 15 is 0 Å². The van der Waals surface area contributed by atoms with Crippen molar-refractivity contribution in [2.45, 2.75) is 38.6 Å². The molecule has 1 aliphatic carbocycles. The smallest absolute Gasteiger partial charge is 0.308 e. The van der Waals surface area contributed by atoms with Crippen molar-refractivity contribution in [2.75, 3.05) is 19.9 Å². The van der Waals surface area contributed by atoms with Crippen LogP contribution >= 0.6 is 0 Å². The number of benzene rings is 1. The first kappa shape index (κ1) is 20.2. The molecule has 1 saturated heterocycles. The van der Waals surface area contributed by atoms with E-state index in [2.05, 4.69) is 5.32 Å². The van der Waals surface area contributed by atoms with Gasteiger partial charge in [0.2, 0.25) is 18.6 Å². The average molecular weight is 416 g/mol. The van der Waals surface area contributed by atoms with Gasteiger partial charge in [-0.25, -0.2) is 0 Å². The first-order chi connectivity index (χ1) is 14.5. The van der Waals surface area contributed by atoms with E-state index in [0.717, 1.165) is 31.2 Å². The summed E-state index contributed by atoms with van der Waals surface area (Å²) in [5.41, 5.74) is 0.825. The van der Waals surface area contributed by atoms with Gasteiger partial charge in [0.25, 0.3) is 5.91 Å². The standard InChI is InChI=1S/C21H24N2O7/c24-18(22-10-13-5-6-16-17(9-13)30-12-29-16)11-28-19(25)7-8-23-20(26)14-3-1-2-4-15(14)21(23)27/h5-6,9,14-15H,1-4,7-8,10-12H2,(H,22,24)/t14-,15+.